The average Bonchev–Trinajstić information content (AvgIpc) is 3.13. The van der Waals surface area contributed by atoms with Gasteiger partial charge in [0, 0.05) is 28.4 Å². The molecule has 2 aromatic heterocycles. The number of para-hydroxylation sites is 1. The van der Waals surface area contributed by atoms with Crippen LogP contribution in [-0.2, 0) is 4.74 Å². The van der Waals surface area contributed by atoms with Crippen LogP contribution in [0.5, 0.6) is 0 Å². The molecule has 0 saturated heterocycles. The Labute approximate surface area is 127 Å². The van der Waals surface area contributed by atoms with Crippen LogP contribution < -0.4 is 0 Å². The van der Waals surface area contributed by atoms with Crippen LogP contribution in [0.25, 0.3) is 10.9 Å². The van der Waals surface area contributed by atoms with E-state index < -0.39 is 12.1 Å². The number of carbonyl (C=O) groups is 2. The molecule has 0 fully saturated rings. The summed E-state index contributed by atoms with van der Waals surface area (Å²) in [6, 6.07) is 10.9. The summed E-state index contributed by atoms with van der Waals surface area (Å²) in [4.78, 5) is 30.5. The van der Waals surface area contributed by atoms with Crippen LogP contribution in [-0.4, -0.2) is 27.8 Å². The molecule has 2 heterocycles. The van der Waals surface area contributed by atoms with Crippen LogP contribution in [0.15, 0.2) is 42.6 Å². The van der Waals surface area contributed by atoms with Crippen LogP contribution in [0.2, 0.25) is 0 Å². The summed E-state index contributed by atoms with van der Waals surface area (Å²) in [5, 5.41) is 0.841. The molecule has 1 aromatic carbocycles. The van der Waals surface area contributed by atoms with Crippen molar-refractivity contribution >= 4 is 22.7 Å². The topological polar surface area (TPSA) is 75.0 Å². The first-order valence-corrected chi connectivity index (χ1v) is 7.04. The standard InChI is InChI=1S/C17H16N2O3/c1-10-15(12-6-3-4-7-13(12)19-10)16(20)11(2)22-17(21)14-8-5-9-18-14/h3-9,11,18-19H,1-2H3/t11-/m1/s1. The number of Topliss-reactive ketones (excluding diaryl/α,β-unsaturated/α-hetero) is 1. The van der Waals surface area contributed by atoms with E-state index in [4.69, 9.17) is 4.74 Å². The highest BCUT2D eigenvalue weighted by Crippen LogP contribution is 2.24. The van der Waals surface area contributed by atoms with Crippen LogP contribution in [0.1, 0.15) is 33.5 Å². The van der Waals surface area contributed by atoms with E-state index in [-0.39, 0.29) is 5.78 Å². The van der Waals surface area contributed by atoms with Gasteiger partial charge in [0.25, 0.3) is 0 Å². The summed E-state index contributed by atoms with van der Waals surface area (Å²) in [6.45, 7) is 3.43. The summed E-state index contributed by atoms with van der Waals surface area (Å²) in [6.07, 6.45) is 0.779. The fourth-order valence-electron chi connectivity index (χ4n) is 2.53. The van der Waals surface area contributed by atoms with Crippen molar-refractivity contribution in [3.05, 3.63) is 59.5 Å². The van der Waals surface area contributed by atoms with Crippen molar-refractivity contribution in [2.24, 2.45) is 0 Å². The molecule has 3 aromatic rings. The van der Waals surface area contributed by atoms with Gasteiger partial charge in [-0.15, -0.1) is 0 Å². The van der Waals surface area contributed by atoms with Crippen molar-refractivity contribution < 1.29 is 14.3 Å². The fourth-order valence-corrected chi connectivity index (χ4v) is 2.53. The molecule has 0 radical (unpaired) electrons. The number of ketones is 1. The predicted octanol–water partition coefficient (Wildman–Crippen LogP) is 3.23. The molecule has 0 aliphatic rings. The zero-order valence-electron chi connectivity index (χ0n) is 12.3. The number of hydrogen-bond donors (Lipinski definition) is 2. The van der Waals surface area contributed by atoms with Crippen molar-refractivity contribution in [2.75, 3.05) is 0 Å². The van der Waals surface area contributed by atoms with E-state index in [1.807, 2.05) is 31.2 Å². The largest absolute Gasteiger partial charge is 0.450 e. The molecular formula is C17H16N2O3. The van der Waals surface area contributed by atoms with E-state index in [0.29, 0.717) is 11.3 Å². The van der Waals surface area contributed by atoms with Crippen LogP contribution in [0.4, 0.5) is 0 Å². The molecule has 0 spiro atoms. The Morgan fingerprint density at radius 2 is 1.91 bits per heavy atom. The normalized spacial score (nSPS) is 12.3. The number of carbonyl (C=O) groups excluding carboxylic acids is 2. The second kappa shape index (κ2) is 5.52. The Morgan fingerprint density at radius 1 is 1.14 bits per heavy atom. The minimum Gasteiger partial charge on any atom is -0.450 e. The molecular weight excluding hydrogens is 280 g/mol. The first kappa shape index (κ1) is 14.1. The third kappa shape index (κ3) is 2.41. The summed E-state index contributed by atoms with van der Waals surface area (Å²) < 4.78 is 5.25. The molecule has 1 atom stereocenters. The Bertz CT molecular complexity index is 831. The highest BCUT2D eigenvalue weighted by molar-refractivity contribution is 6.11. The molecule has 0 aliphatic carbocycles. The number of ether oxygens (including phenoxy) is 1. The molecule has 0 aliphatic heterocycles. The first-order valence-electron chi connectivity index (χ1n) is 7.04. The predicted molar refractivity (Wildman–Crippen MR) is 83.0 cm³/mol. The van der Waals surface area contributed by atoms with Gasteiger partial charge in [-0.1, -0.05) is 18.2 Å². The van der Waals surface area contributed by atoms with Gasteiger partial charge in [-0.2, -0.15) is 0 Å². The lowest BCUT2D eigenvalue weighted by atomic mass is 10.0. The number of aromatic amines is 2. The number of aryl methyl sites for hydroxylation is 1. The van der Waals surface area contributed by atoms with Gasteiger partial charge >= 0.3 is 5.97 Å². The van der Waals surface area contributed by atoms with Gasteiger partial charge in [-0.25, -0.2) is 4.79 Å². The number of rotatable bonds is 4. The van der Waals surface area contributed by atoms with Gasteiger partial charge in [-0.05, 0) is 32.0 Å². The fraction of sp³-hybridized carbons (Fsp3) is 0.176. The van der Waals surface area contributed by atoms with Gasteiger partial charge in [0.05, 0.1) is 0 Å². The van der Waals surface area contributed by atoms with E-state index in [9.17, 15) is 9.59 Å². The van der Waals surface area contributed by atoms with Gasteiger partial charge in [0.2, 0.25) is 5.78 Å². The molecule has 0 amide bonds. The Balaban J connectivity index is 1.86. The van der Waals surface area contributed by atoms with Gasteiger partial charge in [0.1, 0.15) is 5.69 Å². The summed E-state index contributed by atoms with van der Waals surface area (Å²) in [7, 11) is 0. The Hall–Kier alpha value is -2.82. The molecule has 22 heavy (non-hydrogen) atoms. The number of benzene rings is 1. The van der Waals surface area contributed by atoms with E-state index in [1.165, 1.54) is 0 Å². The Morgan fingerprint density at radius 3 is 2.64 bits per heavy atom. The lowest BCUT2D eigenvalue weighted by Crippen LogP contribution is -2.25. The lowest BCUT2D eigenvalue weighted by Gasteiger charge is -2.12. The molecule has 0 unspecified atom stereocenters. The third-order valence-corrected chi connectivity index (χ3v) is 3.61. The number of fused-ring (bicyclic) bond motifs is 1. The molecule has 3 rings (SSSR count). The second-order valence-electron chi connectivity index (χ2n) is 5.17. The van der Waals surface area contributed by atoms with Gasteiger partial charge in [0.15, 0.2) is 6.10 Å². The van der Waals surface area contributed by atoms with Crippen LogP contribution in [0.3, 0.4) is 0 Å². The number of H-pyrrole nitrogens is 2. The van der Waals surface area contributed by atoms with Crippen molar-refractivity contribution in [2.45, 2.75) is 20.0 Å². The summed E-state index contributed by atoms with van der Waals surface area (Å²) in [5.74, 6) is -0.752. The molecule has 0 bridgehead atoms. The van der Waals surface area contributed by atoms with Crippen molar-refractivity contribution in [3.63, 3.8) is 0 Å². The number of esters is 1. The van der Waals surface area contributed by atoms with Crippen LogP contribution in [0, 0.1) is 6.92 Å². The van der Waals surface area contributed by atoms with Gasteiger partial charge < -0.3 is 14.7 Å². The summed E-state index contributed by atoms with van der Waals surface area (Å²) in [5.41, 5.74) is 2.57. The monoisotopic (exact) mass is 296 g/mol. The molecule has 112 valence electrons. The average molecular weight is 296 g/mol. The quantitative estimate of drug-likeness (QED) is 0.573. The molecule has 0 saturated carbocycles. The molecule has 5 nitrogen and oxygen atoms in total. The maximum Gasteiger partial charge on any atom is 0.355 e. The summed E-state index contributed by atoms with van der Waals surface area (Å²) >= 11 is 0. The molecule has 2 N–H and O–H groups in total. The van der Waals surface area contributed by atoms with Crippen molar-refractivity contribution in [3.8, 4) is 0 Å². The van der Waals surface area contributed by atoms with Crippen molar-refractivity contribution in [1.82, 2.24) is 9.97 Å². The second-order valence-corrected chi connectivity index (χ2v) is 5.17. The smallest absolute Gasteiger partial charge is 0.355 e. The maximum atomic E-state index is 12.6. The highest BCUT2D eigenvalue weighted by atomic mass is 16.5. The highest BCUT2D eigenvalue weighted by Gasteiger charge is 2.24. The third-order valence-electron chi connectivity index (χ3n) is 3.61. The zero-order valence-corrected chi connectivity index (χ0v) is 12.3. The molecule has 5 heteroatoms. The SMILES string of the molecule is Cc1[nH]c2ccccc2c1C(=O)[C@@H](C)OC(=O)c1ccc[nH]1. The van der Waals surface area contributed by atoms with E-state index >= 15 is 0 Å². The maximum absolute atomic E-state index is 12.6. The minimum atomic E-state index is -0.853. The first-order chi connectivity index (χ1) is 10.6. The number of aromatic nitrogens is 2. The van der Waals surface area contributed by atoms with E-state index in [1.54, 1.807) is 25.3 Å². The van der Waals surface area contributed by atoms with Crippen molar-refractivity contribution in [1.29, 1.82) is 0 Å². The van der Waals surface area contributed by atoms with Gasteiger partial charge in [-0.3, -0.25) is 4.79 Å². The minimum absolute atomic E-state index is 0.213. The van der Waals surface area contributed by atoms with Crippen LogP contribution >= 0.6 is 0 Å². The lowest BCUT2D eigenvalue weighted by molar-refractivity contribution is 0.0314. The number of nitrogens with one attached hydrogen (secondary N) is 2. The zero-order chi connectivity index (χ0) is 15.7. The van der Waals surface area contributed by atoms with E-state index in [2.05, 4.69) is 9.97 Å². The Kier molecular flexibility index (Phi) is 3.55. The van der Waals surface area contributed by atoms with E-state index in [0.717, 1.165) is 16.6 Å². The number of hydrogen-bond acceptors (Lipinski definition) is 3.